The van der Waals surface area contributed by atoms with E-state index >= 15 is 0 Å². The van der Waals surface area contributed by atoms with Crippen LogP contribution in [0.5, 0.6) is 11.5 Å². The van der Waals surface area contributed by atoms with Gasteiger partial charge in [-0.3, -0.25) is 9.69 Å². The van der Waals surface area contributed by atoms with Gasteiger partial charge in [0.15, 0.2) is 11.5 Å². The van der Waals surface area contributed by atoms with Crippen LogP contribution >= 0.6 is 15.9 Å². The number of methoxy groups -OCH3 is 1. The molecule has 3 amide bonds. The summed E-state index contributed by atoms with van der Waals surface area (Å²) >= 11 is 3.28. The predicted molar refractivity (Wildman–Crippen MR) is 80.8 cm³/mol. The number of halogens is 1. The standard InChI is InChI=1S/C14H13BrN2O4/c1-3-4-17-13(19)10(16-14(17)20)6-8-5-9(15)7-11(21-2)12(8)18/h3,5-7,18H,1,4H2,2H3,(H,16,20)/b10-6+. The van der Waals surface area contributed by atoms with Gasteiger partial charge in [-0.1, -0.05) is 22.0 Å². The van der Waals surface area contributed by atoms with Gasteiger partial charge in [-0.05, 0) is 18.2 Å². The fourth-order valence-electron chi connectivity index (χ4n) is 1.88. The maximum absolute atomic E-state index is 12.1. The van der Waals surface area contributed by atoms with Crippen LogP contribution in [0.1, 0.15) is 5.56 Å². The van der Waals surface area contributed by atoms with Crippen molar-refractivity contribution in [3.8, 4) is 11.5 Å². The van der Waals surface area contributed by atoms with E-state index in [4.69, 9.17) is 4.74 Å². The zero-order chi connectivity index (χ0) is 15.6. The summed E-state index contributed by atoms with van der Waals surface area (Å²) in [7, 11) is 1.42. The lowest BCUT2D eigenvalue weighted by molar-refractivity contribution is -0.122. The van der Waals surface area contributed by atoms with Gasteiger partial charge < -0.3 is 15.2 Å². The molecule has 1 aromatic rings. The fourth-order valence-corrected chi connectivity index (χ4v) is 2.34. The van der Waals surface area contributed by atoms with Crippen molar-refractivity contribution in [1.82, 2.24) is 10.2 Å². The number of aromatic hydroxyl groups is 1. The molecule has 0 spiro atoms. The number of phenolic OH excluding ortho intramolecular Hbond substituents is 1. The molecule has 21 heavy (non-hydrogen) atoms. The minimum atomic E-state index is -0.521. The molecule has 110 valence electrons. The molecule has 0 radical (unpaired) electrons. The number of rotatable bonds is 4. The summed E-state index contributed by atoms with van der Waals surface area (Å²) in [6, 6.07) is 2.68. The average Bonchev–Trinajstić information content (AvgIpc) is 2.70. The summed E-state index contributed by atoms with van der Waals surface area (Å²) < 4.78 is 5.70. The first-order valence-electron chi connectivity index (χ1n) is 6.00. The van der Waals surface area contributed by atoms with Crippen molar-refractivity contribution in [3.05, 3.63) is 40.5 Å². The van der Waals surface area contributed by atoms with E-state index < -0.39 is 11.9 Å². The van der Waals surface area contributed by atoms with Gasteiger partial charge in [0.25, 0.3) is 5.91 Å². The van der Waals surface area contributed by atoms with Crippen LogP contribution in [-0.4, -0.2) is 35.6 Å². The van der Waals surface area contributed by atoms with Crippen LogP contribution < -0.4 is 10.1 Å². The molecule has 2 N–H and O–H groups in total. The number of carbonyl (C=O) groups excluding carboxylic acids is 2. The monoisotopic (exact) mass is 352 g/mol. The van der Waals surface area contributed by atoms with Gasteiger partial charge in [-0.2, -0.15) is 0 Å². The zero-order valence-corrected chi connectivity index (χ0v) is 12.8. The molecule has 0 aliphatic carbocycles. The second kappa shape index (κ2) is 6.01. The topological polar surface area (TPSA) is 78.9 Å². The van der Waals surface area contributed by atoms with E-state index in [1.54, 1.807) is 12.1 Å². The van der Waals surface area contributed by atoms with Gasteiger partial charge in [-0.15, -0.1) is 6.58 Å². The van der Waals surface area contributed by atoms with Crippen LogP contribution in [0.4, 0.5) is 4.79 Å². The van der Waals surface area contributed by atoms with E-state index in [0.29, 0.717) is 10.0 Å². The number of nitrogens with one attached hydrogen (secondary N) is 1. The maximum Gasteiger partial charge on any atom is 0.329 e. The lowest BCUT2D eigenvalue weighted by Crippen LogP contribution is -2.30. The lowest BCUT2D eigenvalue weighted by Gasteiger charge is -2.08. The molecule has 0 atom stereocenters. The Labute approximate surface area is 129 Å². The Bertz CT molecular complexity index is 655. The van der Waals surface area contributed by atoms with Crippen molar-refractivity contribution in [2.45, 2.75) is 0 Å². The SMILES string of the molecule is C=CCN1C(=O)N/C(=C/c2cc(Br)cc(OC)c2O)C1=O. The first-order chi connectivity index (χ1) is 9.97. The molecule has 0 unspecified atom stereocenters. The lowest BCUT2D eigenvalue weighted by atomic mass is 10.1. The summed E-state index contributed by atoms with van der Waals surface area (Å²) in [6.45, 7) is 3.62. The highest BCUT2D eigenvalue weighted by atomic mass is 79.9. The highest BCUT2D eigenvalue weighted by molar-refractivity contribution is 9.10. The van der Waals surface area contributed by atoms with Gasteiger partial charge in [0, 0.05) is 16.6 Å². The summed E-state index contributed by atoms with van der Waals surface area (Å²) in [6.07, 6.45) is 2.85. The third kappa shape index (κ3) is 2.92. The number of ether oxygens (including phenoxy) is 1. The second-order valence-electron chi connectivity index (χ2n) is 4.24. The van der Waals surface area contributed by atoms with Crippen molar-refractivity contribution in [1.29, 1.82) is 0 Å². The molecular weight excluding hydrogens is 340 g/mol. The molecule has 1 saturated heterocycles. The van der Waals surface area contributed by atoms with Crippen molar-refractivity contribution >= 4 is 33.9 Å². The van der Waals surface area contributed by atoms with Gasteiger partial charge in [0.2, 0.25) is 0 Å². The van der Waals surface area contributed by atoms with E-state index in [1.807, 2.05) is 0 Å². The molecule has 1 heterocycles. The first-order valence-corrected chi connectivity index (χ1v) is 6.79. The molecular formula is C14H13BrN2O4. The van der Waals surface area contributed by atoms with Crippen molar-refractivity contribution < 1.29 is 19.4 Å². The van der Waals surface area contributed by atoms with Gasteiger partial charge in [0.1, 0.15) is 5.70 Å². The van der Waals surface area contributed by atoms with Gasteiger partial charge >= 0.3 is 6.03 Å². The number of hydrogen-bond donors (Lipinski definition) is 2. The number of hydrogen-bond acceptors (Lipinski definition) is 4. The van der Waals surface area contributed by atoms with Crippen LogP contribution in [0.3, 0.4) is 0 Å². The third-order valence-corrected chi connectivity index (χ3v) is 3.32. The highest BCUT2D eigenvalue weighted by Crippen LogP contribution is 2.35. The molecule has 1 fully saturated rings. The van der Waals surface area contributed by atoms with E-state index in [0.717, 1.165) is 4.90 Å². The van der Waals surface area contributed by atoms with Crippen LogP contribution in [0.25, 0.3) is 6.08 Å². The average molecular weight is 353 g/mol. The Morgan fingerprint density at radius 2 is 2.19 bits per heavy atom. The Balaban J connectivity index is 2.41. The largest absolute Gasteiger partial charge is 0.504 e. The molecule has 2 rings (SSSR count). The van der Waals surface area contributed by atoms with Crippen molar-refractivity contribution in [3.63, 3.8) is 0 Å². The molecule has 0 saturated carbocycles. The molecule has 7 heteroatoms. The Morgan fingerprint density at radius 3 is 2.81 bits per heavy atom. The number of imide groups is 1. The third-order valence-electron chi connectivity index (χ3n) is 2.86. The molecule has 0 bridgehead atoms. The smallest absolute Gasteiger partial charge is 0.329 e. The molecule has 6 nitrogen and oxygen atoms in total. The number of amides is 3. The van der Waals surface area contributed by atoms with Crippen LogP contribution in [-0.2, 0) is 4.79 Å². The number of benzene rings is 1. The molecule has 1 aliphatic heterocycles. The number of urea groups is 1. The molecule has 1 aliphatic rings. The summed E-state index contributed by atoms with van der Waals surface area (Å²) in [5, 5.41) is 12.5. The maximum atomic E-state index is 12.1. The van der Waals surface area contributed by atoms with Gasteiger partial charge in [0.05, 0.1) is 7.11 Å². The minimum absolute atomic E-state index is 0.0808. The molecule has 1 aromatic carbocycles. The van der Waals surface area contributed by atoms with E-state index in [9.17, 15) is 14.7 Å². The van der Waals surface area contributed by atoms with E-state index in [1.165, 1.54) is 19.3 Å². The number of carbonyl (C=O) groups is 2. The Morgan fingerprint density at radius 1 is 1.48 bits per heavy atom. The summed E-state index contributed by atoms with van der Waals surface area (Å²) in [5.41, 5.74) is 0.433. The van der Waals surface area contributed by atoms with Gasteiger partial charge in [-0.25, -0.2) is 4.79 Å². The number of nitrogens with zero attached hydrogens (tertiary/aromatic N) is 1. The van der Waals surface area contributed by atoms with Crippen molar-refractivity contribution in [2.75, 3.05) is 13.7 Å². The molecule has 0 aromatic heterocycles. The summed E-state index contributed by atoms with van der Waals surface area (Å²) in [4.78, 5) is 24.7. The van der Waals surface area contributed by atoms with E-state index in [-0.39, 0.29) is 23.7 Å². The van der Waals surface area contributed by atoms with E-state index in [2.05, 4.69) is 27.8 Å². The first kappa shape index (κ1) is 15.1. The zero-order valence-electron chi connectivity index (χ0n) is 11.2. The quantitative estimate of drug-likeness (QED) is 0.494. The minimum Gasteiger partial charge on any atom is -0.504 e. The normalized spacial score (nSPS) is 16.3. The highest BCUT2D eigenvalue weighted by Gasteiger charge is 2.32. The Kier molecular flexibility index (Phi) is 4.32. The second-order valence-corrected chi connectivity index (χ2v) is 5.15. The van der Waals surface area contributed by atoms with Crippen molar-refractivity contribution in [2.24, 2.45) is 0 Å². The Hall–Kier alpha value is -2.28. The predicted octanol–water partition coefficient (Wildman–Crippen LogP) is 2.24. The fraction of sp³-hybridized carbons (Fsp3) is 0.143. The van der Waals surface area contributed by atoms with Crippen LogP contribution in [0.15, 0.2) is 35.0 Å². The van der Waals surface area contributed by atoms with Crippen LogP contribution in [0.2, 0.25) is 0 Å². The summed E-state index contributed by atoms with van der Waals surface area (Å²) in [5.74, 6) is -0.327. The number of phenols is 1. The van der Waals surface area contributed by atoms with Crippen LogP contribution in [0, 0.1) is 0 Å².